The maximum atomic E-state index is 11.2. The predicted octanol–water partition coefficient (Wildman–Crippen LogP) is 0.370. The highest BCUT2D eigenvalue weighted by Crippen LogP contribution is 2.11. The van der Waals surface area contributed by atoms with Gasteiger partial charge in [-0.2, -0.15) is 0 Å². The largest absolute Gasteiger partial charge is 0.465 e. The SMILES string of the molecule is CCOC(=O)C(C)c1cc(=O)[nH][nH]1. The molecule has 1 aromatic heterocycles. The fourth-order valence-corrected chi connectivity index (χ4v) is 0.975. The Hall–Kier alpha value is -1.52. The predicted molar refractivity (Wildman–Crippen MR) is 46.5 cm³/mol. The number of ether oxygens (including phenoxy) is 1. The first-order valence-electron chi connectivity index (χ1n) is 4.09. The Balaban J connectivity index is 2.73. The lowest BCUT2D eigenvalue weighted by atomic mass is 10.1. The van der Waals surface area contributed by atoms with Crippen molar-refractivity contribution in [2.24, 2.45) is 0 Å². The first-order valence-corrected chi connectivity index (χ1v) is 4.09. The van der Waals surface area contributed by atoms with E-state index >= 15 is 0 Å². The molecule has 0 fully saturated rings. The summed E-state index contributed by atoms with van der Waals surface area (Å²) in [5.74, 6) is -0.767. The highest BCUT2D eigenvalue weighted by Gasteiger charge is 2.17. The molecule has 5 nitrogen and oxygen atoms in total. The number of carbonyl (C=O) groups excluding carboxylic acids is 1. The van der Waals surface area contributed by atoms with Crippen molar-refractivity contribution in [2.75, 3.05) is 6.61 Å². The molecule has 0 bridgehead atoms. The van der Waals surface area contributed by atoms with Crippen molar-refractivity contribution < 1.29 is 9.53 Å². The van der Waals surface area contributed by atoms with Gasteiger partial charge in [-0.3, -0.25) is 14.7 Å². The number of carbonyl (C=O) groups is 1. The Morgan fingerprint density at radius 2 is 2.31 bits per heavy atom. The number of rotatable bonds is 3. The molecule has 0 aliphatic heterocycles. The van der Waals surface area contributed by atoms with Crippen LogP contribution >= 0.6 is 0 Å². The molecule has 0 aromatic carbocycles. The van der Waals surface area contributed by atoms with Gasteiger partial charge in [-0.05, 0) is 13.8 Å². The van der Waals surface area contributed by atoms with Gasteiger partial charge in [0.15, 0.2) is 0 Å². The van der Waals surface area contributed by atoms with Crippen LogP contribution in [-0.4, -0.2) is 22.8 Å². The summed E-state index contributed by atoms with van der Waals surface area (Å²) in [7, 11) is 0. The molecular formula is C8H12N2O3. The van der Waals surface area contributed by atoms with Crippen LogP contribution < -0.4 is 5.56 Å². The Morgan fingerprint density at radius 3 is 2.77 bits per heavy atom. The molecule has 1 aromatic rings. The zero-order chi connectivity index (χ0) is 9.84. The van der Waals surface area contributed by atoms with E-state index in [-0.39, 0.29) is 11.5 Å². The van der Waals surface area contributed by atoms with Crippen molar-refractivity contribution in [3.05, 3.63) is 22.1 Å². The van der Waals surface area contributed by atoms with E-state index in [9.17, 15) is 9.59 Å². The van der Waals surface area contributed by atoms with Gasteiger partial charge in [0.25, 0.3) is 5.56 Å². The summed E-state index contributed by atoms with van der Waals surface area (Å²) in [6.45, 7) is 3.76. The Bertz CT molecular complexity index is 339. The Morgan fingerprint density at radius 1 is 1.62 bits per heavy atom. The third kappa shape index (κ3) is 2.21. The van der Waals surface area contributed by atoms with Gasteiger partial charge in [-0.25, -0.2) is 0 Å². The molecule has 0 saturated carbocycles. The van der Waals surface area contributed by atoms with E-state index in [0.29, 0.717) is 12.3 Å². The van der Waals surface area contributed by atoms with Crippen LogP contribution in [0.4, 0.5) is 0 Å². The molecule has 13 heavy (non-hydrogen) atoms. The Kier molecular flexibility index (Phi) is 2.89. The van der Waals surface area contributed by atoms with Crippen molar-refractivity contribution in [1.29, 1.82) is 0 Å². The molecule has 0 saturated heterocycles. The maximum absolute atomic E-state index is 11.2. The first kappa shape index (κ1) is 9.57. The third-order valence-electron chi connectivity index (χ3n) is 1.72. The Labute approximate surface area is 75.1 Å². The van der Waals surface area contributed by atoms with Gasteiger partial charge < -0.3 is 9.84 Å². The number of nitrogens with one attached hydrogen (secondary N) is 2. The summed E-state index contributed by atoms with van der Waals surface area (Å²) in [6.07, 6.45) is 0. The van der Waals surface area contributed by atoms with E-state index in [1.54, 1.807) is 13.8 Å². The van der Waals surface area contributed by atoms with Gasteiger partial charge in [-0.1, -0.05) is 0 Å². The van der Waals surface area contributed by atoms with Crippen LogP contribution in [0.2, 0.25) is 0 Å². The smallest absolute Gasteiger partial charge is 0.314 e. The van der Waals surface area contributed by atoms with Gasteiger partial charge in [0.05, 0.1) is 18.2 Å². The number of aromatic amines is 2. The minimum absolute atomic E-state index is 0.244. The molecule has 72 valence electrons. The molecule has 2 N–H and O–H groups in total. The second-order valence-corrected chi connectivity index (χ2v) is 2.69. The summed E-state index contributed by atoms with van der Waals surface area (Å²) in [6, 6.07) is 1.35. The van der Waals surface area contributed by atoms with Gasteiger partial charge >= 0.3 is 5.97 Å². The summed E-state index contributed by atoms with van der Waals surface area (Å²) in [5.41, 5.74) is 0.301. The molecular weight excluding hydrogens is 172 g/mol. The highest BCUT2D eigenvalue weighted by atomic mass is 16.5. The van der Waals surface area contributed by atoms with Crippen LogP contribution in [0.15, 0.2) is 10.9 Å². The normalized spacial score (nSPS) is 12.5. The molecule has 1 atom stereocenters. The van der Waals surface area contributed by atoms with Crippen molar-refractivity contribution in [3.63, 3.8) is 0 Å². The highest BCUT2D eigenvalue weighted by molar-refractivity contribution is 5.76. The summed E-state index contributed by atoms with van der Waals surface area (Å²) >= 11 is 0. The summed E-state index contributed by atoms with van der Waals surface area (Å²) < 4.78 is 4.79. The summed E-state index contributed by atoms with van der Waals surface area (Å²) in [5, 5.41) is 4.96. The second kappa shape index (κ2) is 3.93. The van der Waals surface area contributed by atoms with E-state index in [1.165, 1.54) is 6.07 Å². The minimum Gasteiger partial charge on any atom is -0.465 e. The topological polar surface area (TPSA) is 75.0 Å². The lowest BCUT2D eigenvalue weighted by molar-refractivity contribution is -0.144. The monoisotopic (exact) mass is 184 g/mol. The quantitative estimate of drug-likeness (QED) is 0.666. The van der Waals surface area contributed by atoms with Crippen LogP contribution in [0, 0.1) is 0 Å². The zero-order valence-electron chi connectivity index (χ0n) is 7.59. The molecule has 1 unspecified atom stereocenters. The van der Waals surface area contributed by atoms with Crippen LogP contribution in [0.1, 0.15) is 25.5 Å². The lowest BCUT2D eigenvalue weighted by Crippen LogP contribution is -2.13. The van der Waals surface area contributed by atoms with Gasteiger partial charge in [-0.15, -0.1) is 0 Å². The molecule has 0 spiro atoms. The summed E-state index contributed by atoms with van der Waals surface area (Å²) in [4.78, 5) is 21.9. The average molecular weight is 184 g/mol. The van der Waals surface area contributed by atoms with Crippen LogP contribution in [-0.2, 0) is 9.53 Å². The molecule has 0 radical (unpaired) electrons. The van der Waals surface area contributed by atoms with Crippen molar-refractivity contribution in [1.82, 2.24) is 10.2 Å². The first-order chi connectivity index (χ1) is 6.15. The van der Waals surface area contributed by atoms with E-state index in [0.717, 1.165) is 0 Å². The van der Waals surface area contributed by atoms with Gasteiger partial charge in [0.2, 0.25) is 0 Å². The van der Waals surface area contributed by atoms with Crippen molar-refractivity contribution in [3.8, 4) is 0 Å². The molecule has 1 heterocycles. The fourth-order valence-electron chi connectivity index (χ4n) is 0.975. The fraction of sp³-hybridized carbons (Fsp3) is 0.500. The van der Waals surface area contributed by atoms with Crippen LogP contribution in [0.5, 0.6) is 0 Å². The van der Waals surface area contributed by atoms with E-state index in [1.807, 2.05) is 0 Å². The molecule has 0 aliphatic carbocycles. The van der Waals surface area contributed by atoms with E-state index < -0.39 is 5.92 Å². The van der Waals surface area contributed by atoms with Crippen LogP contribution in [0.3, 0.4) is 0 Å². The van der Waals surface area contributed by atoms with Crippen LogP contribution in [0.25, 0.3) is 0 Å². The number of H-pyrrole nitrogens is 2. The van der Waals surface area contributed by atoms with Crippen molar-refractivity contribution >= 4 is 5.97 Å². The number of hydrogen-bond acceptors (Lipinski definition) is 3. The van der Waals surface area contributed by atoms with E-state index in [2.05, 4.69) is 10.2 Å². The molecule has 0 aliphatic rings. The minimum atomic E-state index is -0.432. The van der Waals surface area contributed by atoms with Gasteiger partial charge in [0.1, 0.15) is 0 Å². The average Bonchev–Trinajstić information content (AvgIpc) is 2.51. The molecule has 0 amide bonds. The van der Waals surface area contributed by atoms with Gasteiger partial charge in [0, 0.05) is 6.07 Å². The van der Waals surface area contributed by atoms with E-state index in [4.69, 9.17) is 4.74 Å². The number of esters is 1. The number of hydrogen-bond donors (Lipinski definition) is 2. The second-order valence-electron chi connectivity index (χ2n) is 2.69. The molecule has 1 rings (SSSR count). The molecule has 5 heteroatoms. The third-order valence-corrected chi connectivity index (χ3v) is 1.72. The lowest BCUT2D eigenvalue weighted by Gasteiger charge is -2.07. The maximum Gasteiger partial charge on any atom is 0.314 e. The standard InChI is InChI=1S/C8H12N2O3/c1-3-13-8(12)5(2)6-4-7(11)10-9-6/h4-5H,3H2,1-2H3,(H2,9,10,11). The zero-order valence-corrected chi connectivity index (χ0v) is 7.59. The van der Waals surface area contributed by atoms with Crippen molar-refractivity contribution in [2.45, 2.75) is 19.8 Å². The number of aromatic nitrogens is 2.